The molecule has 0 atom stereocenters. The van der Waals surface area contributed by atoms with Gasteiger partial charge in [-0.25, -0.2) is 0 Å². The van der Waals surface area contributed by atoms with Gasteiger partial charge in [0.05, 0.1) is 0 Å². The maximum Gasteiger partial charge on any atom is 0.0366 e. The lowest BCUT2D eigenvalue weighted by atomic mass is 9.90. The Morgan fingerprint density at radius 3 is 2.17 bits per heavy atom. The molecule has 1 N–H and O–H groups in total. The van der Waals surface area contributed by atoms with Crippen LogP contribution in [-0.4, -0.2) is 26.2 Å². The van der Waals surface area contributed by atoms with Crippen molar-refractivity contribution in [3.63, 3.8) is 0 Å². The van der Waals surface area contributed by atoms with E-state index in [1.54, 1.807) is 0 Å². The minimum atomic E-state index is 0. The molecule has 0 aromatic heterocycles. The molecule has 2 saturated heterocycles. The number of piperidine rings is 1. The molecule has 0 radical (unpaired) electrons. The number of nitrogens with one attached hydrogen (secondary N) is 1. The molecule has 0 amide bonds. The van der Waals surface area contributed by atoms with Crippen molar-refractivity contribution in [3.8, 4) is 0 Å². The van der Waals surface area contributed by atoms with Gasteiger partial charge in [0.25, 0.3) is 0 Å². The number of nitrogens with zero attached hydrogens (tertiary/aromatic N) is 1. The van der Waals surface area contributed by atoms with Crippen LogP contribution in [0.25, 0.3) is 0 Å². The minimum absolute atomic E-state index is 0. The maximum absolute atomic E-state index is 3.43. The van der Waals surface area contributed by atoms with Gasteiger partial charge >= 0.3 is 0 Å². The SMILES string of the molecule is Cl.c1cc(N2CCCC2)ccc1C1CCNCC1. The molecule has 1 aromatic rings. The van der Waals surface area contributed by atoms with Gasteiger partial charge < -0.3 is 10.2 Å². The molecule has 0 unspecified atom stereocenters. The highest BCUT2D eigenvalue weighted by atomic mass is 35.5. The molecule has 18 heavy (non-hydrogen) atoms. The van der Waals surface area contributed by atoms with E-state index in [2.05, 4.69) is 34.5 Å². The number of anilines is 1. The van der Waals surface area contributed by atoms with E-state index in [4.69, 9.17) is 0 Å². The van der Waals surface area contributed by atoms with Gasteiger partial charge in [-0.15, -0.1) is 12.4 Å². The second-order valence-electron chi connectivity index (χ2n) is 5.31. The molecule has 2 nitrogen and oxygen atoms in total. The van der Waals surface area contributed by atoms with E-state index in [0.717, 1.165) is 5.92 Å². The Kier molecular flexibility index (Phi) is 4.90. The molecule has 2 fully saturated rings. The average Bonchev–Trinajstić information content (AvgIpc) is 2.94. The molecule has 3 rings (SSSR count). The summed E-state index contributed by atoms with van der Waals surface area (Å²) in [5.74, 6) is 0.781. The second kappa shape index (κ2) is 6.44. The Hall–Kier alpha value is -0.730. The monoisotopic (exact) mass is 266 g/mol. The molecule has 0 saturated carbocycles. The molecule has 3 heteroatoms. The van der Waals surface area contributed by atoms with Gasteiger partial charge in [0.2, 0.25) is 0 Å². The van der Waals surface area contributed by atoms with Crippen molar-refractivity contribution in [1.29, 1.82) is 0 Å². The van der Waals surface area contributed by atoms with Crippen molar-refractivity contribution < 1.29 is 0 Å². The molecule has 1 aromatic carbocycles. The van der Waals surface area contributed by atoms with E-state index in [1.165, 1.54) is 63.1 Å². The summed E-state index contributed by atoms with van der Waals surface area (Å²) in [5.41, 5.74) is 2.95. The van der Waals surface area contributed by atoms with Crippen molar-refractivity contribution in [3.05, 3.63) is 29.8 Å². The molecule has 2 heterocycles. The lowest BCUT2D eigenvalue weighted by Crippen LogP contribution is -2.26. The first-order valence-electron chi connectivity index (χ1n) is 6.99. The predicted octanol–water partition coefficient (Wildman–Crippen LogP) is 3.18. The van der Waals surface area contributed by atoms with Crippen LogP contribution in [0.3, 0.4) is 0 Å². The van der Waals surface area contributed by atoms with Gasteiger partial charge in [0.1, 0.15) is 0 Å². The summed E-state index contributed by atoms with van der Waals surface area (Å²) < 4.78 is 0. The van der Waals surface area contributed by atoms with Crippen molar-refractivity contribution in [2.45, 2.75) is 31.6 Å². The zero-order valence-corrected chi connectivity index (χ0v) is 11.7. The Morgan fingerprint density at radius 2 is 1.56 bits per heavy atom. The molecule has 0 aliphatic carbocycles. The van der Waals surface area contributed by atoms with Crippen LogP contribution in [-0.2, 0) is 0 Å². The number of hydrogen-bond acceptors (Lipinski definition) is 2. The Balaban J connectivity index is 0.00000120. The fourth-order valence-corrected chi connectivity index (χ4v) is 3.09. The van der Waals surface area contributed by atoms with E-state index in [9.17, 15) is 0 Å². The number of benzene rings is 1. The highest BCUT2D eigenvalue weighted by Crippen LogP contribution is 2.28. The van der Waals surface area contributed by atoms with Gasteiger partial charge in [0.15, 0.2) is 0 Å². The third-order valence-electron chi connectivity index (χ3n) is 4.17. The first-order chi connectivity index (χ1) is 8.43. The summed E-state index contributed by atoms with van der Waals surface area (Å²) in [5, 5.41) is 3.43. The van der Waals surface area contributed by atoms with Crippen LogP contribution in [0.1, 0.15) is 37.2 Å². The van der Waals surface area contributed by atoms with E-state index < -0.39 is 0 Å². The minimum Gasteiger partial charge on any atom is -0.372 e. The largest absolute Gasteiger partial charge is 0.372 e. The van der Waals surface area contributed by atoms with E-state index >= 15 is 0 Å². The highest BCUT2D eigenvalue weighted by molar-refractivity contribution is 5.85. The molecular weight excluding hydrogens is 244 g/mol. The second-order valence-corrected chi connectivity index (χ2v) is 5.31. The topological polar surface area (TPSA) is 15.3 Å². The average molecular weight is 267 g/mol. The van der Waals surface area contributed by atoms with Crippen LogP contribution < -0.4 is 10.2 Å². The van der Waals surface area contributed by atoms with Crippen molar-refractivity contribution in [2.75, 3.05) is 31.1 Å². The van der Waals surface area contributed by atoms with E-state index in [-0.39, 0.29) is 12.4 Å². The summed E-state index contributed by atoms with van der Waals surface area (Å²) in [6.07, 6.45) is 5.30. The smallest absolute Gasteiger partial charge is 0.0366 e. The highest BCUT2D eigenvalue weighted by Gasteiger charge is 2.16. The Morgan fingerprint density at radius 1 is 0.944 bits per heavy atom. The van der Waals surface area contributed by atoms with Crippen LogP contribution in [0.2, 0.25) is 0 Å². The van der Waals surface area contributed by atoms with Crippen molar-refractivity contribution in [2.24, 2.45) is 0 Å². The lowest BCUT2D eigenvalue weighted by molar-refractivity contribution is 0.460. The lowest BCUT2D eigenvalue weighted by Gasteiger charge is -2.24. The van der Waals surface area contributed by atoms with Crippen LogP contribution in [0, 0.1) is 0 Å². The standard InChI is InChI=1S/C15H22N2.ClH/c1-2-12-17(11-1)15-5-3-13(4-6-15)14-7-9-16-10-8-14;/h3-6,14,16H,1-2,7-12H2;1H. The molecule has 0 spiro atoms. The first-order valence-corrected chi connectivity index (χ1v) is 6.99. The van der Waals surface area contributed by atoms with E-state index in [1.807, 2.05) is 0 Å². The summed E-state index contributed by atoms with van der Waals surface area (Å²) in [6.45, 7) is 4.84. The maximum atomic E-state index is 3.43. The normalized spacial score (nSPS) is 20.8. The molecule has 0 bridgehead atoms. The summed E-state index contributed by atoms with van der Waals surface area (Å²) in [4.78, 5) is 2.51. The summed E-state index contributed by atoms with van der Waals surface area (Å²) >= 11 is 0. The number of rotatable bonds is 2. The third-order valence-corrected chi connectivity index (χ3v) is 4.17. The van der Waals surface area contributed by atoms with Crippen LogP contribution in [0.5, 0.6) is 0 Å². The van der Waals surface area contributed by atoms with Gasteiger partial charge in [-0.1, -0.05) is 12.1 Å². The van der Waals surface area contributed by atoms with Gasteiger partial charge in [-0.2, -0.15) is 0 Å². The number of hydrogen-bond donors (Lipinski definition) is 1. The summed E-state index contributed by atoms with van der Waals surface area (Å²) in [6, 6.07) is 9.35. The third kappa shape index (κ3) is 2.99. The molecular formula is C15H23ClN2. The Labute approximate surface area is 116 Å². The summed E-state index contributed by atoms with van der Waals surface area (Å²) in [7, 11) is 0. The van der Waals surface area contributed by atoms with Crippen molar-refractivity contribution >= 4 is 18.1 Å². The number of halogens is 1. The fourth-order valence-electron chi connectivity index (χ4n) is 3.09. The van der Waals surface area contributed by atoms with Crippen LogP contribution in [0.4, 0.5) is 5.69 Å². The van der Waals surface area contributed by atoms with Crippen LogP contribution >= 0.6 is 12.4 Å². The zero-order chi connectivity index (χ0) is 11.5. The Bertz CT molecular complexity index is 351. The molecule has 2 aliphatic rings. The first kappa shape index (κ1) is 13.7. The zero-order valence-electron chi connectivity index (χ0n) is 10.9. The van der Waals surface area contributed by atoms with E-state index in [0.29, 0.717) is 0 Å². The predicted molar refractivity (Wildman–Crippen MR) is 80.0 cm³/mol. The quantitative estimate of drug-likeness (QED) is 0.885. The molecule has 100 valence electrons. The van der Waals surface area contributed by atoms with Gasteiger partial charge in [0, 0.05) is 18.8 Å². The fraction of sp³-hybridized carbons (Fsp3) is 0.600. The van der Waals surface area contributed by atoms with Crippen LogP contribution in [0.15, 0.2) is 24.3 Å². The van der Waals surface area contributed by atoms with Gasteiger partial charge in [-0.3, -0.25) is 0 Å². The van der Waals surface area contributed by atoms with Crippen molar-refractivity contribution in [1.82, 2.24) is 5.32 Å². The molecule has 2 aliphatic heterocycles. The van der Waals surface area contributed by atoms with Gasteiger partial charge in [-0.05, 0) is 62.4 Å².